The predicted molar refractivity (Wildman–Crippen MR) is 89.5 cm³/mol. The van der Waals surface area contributed by atoms with Crippen molar-refractivity contribution in [2.75, 3.05) is 45.6 Å². The molecule has 0 bridgehead atoms. The Labute approximate surface area is 136 Å². The summed E-state index contributed by atoms with van der Waals surface area (Å²) in [6.07, 6.45) is 6.72. The van der Waals surface area contributed by atoms with E-state index in [-0.39, 0.29) is 5.75 Å². The molecule has 0 amide bonds. The van der Waals surface area contributed by atoms with E-state index in [9.17, 15) is 8.42 Å². The first-order valence-electron chi connectivity index (χ1n) is 8.73. The maximum atomic E-state index is 12.3. The predicted octanol–water partition coefficient (Wildman–Crippen LogP) is 1.94. The molecule has 5 nitrogen and oxygen atoms in total. The summed E-state index contributed by atoms with van der Waals surface area (Å²) in [7, 11) is -1.42. The molecule has 1 aliphatic carbocycles. The molecule has 0 aromatic carbocycles. The van der Waals surface area contributed by atoms with E-state index < -0.39 is 10.0 Å². The summed E-state index contributed by atoms with van der Waals surface area (Å²) in [5, 5.41) is 0. The molecular formula is C16H32N2O3S. The van der Waals surface area contributed by atoms with Crippen LogP contribution >= 0.6 is 0 Å². The summed E-state index contributed by atoms with van der Waals surface area (Å²) in [6.45, 7) is 6.11. The number of piperazine rings is 1. The maximum Gasteiger partial charge on any atom is 0.214 e. The fourth-order valence-electron chi connectivity index (χ4n) is 3.61. The van der Waals surface area contributed by atoms with Crippen LogP contribution in [-0.4, -0.2) is 69.3 Å². The molecule has 0 N–H and O–H groups in total. The molecular weight excluding hydrogens is 300 g/mol. The van der Waals surface area contributed by atoms with E-state index in [1.807, 2.05) is 0 Å². The molecule has 2 rings (SSSR count). The first-order chi connectivity index (χ1) is 10.5. The lowest BCUT2D eigenvalue weighted by molar-refractivity contribution is 0.101. The molecule has 0 aromatic heterocycles. The van der Waals surface area contributed by atoms with Gasteiger partial charge in [0.1, 0.15) is 0 Å². The lowest BCUT2D eigenvalue weighted by atomic mass is 9.86. The summed E-state index contributed by atoms with van der Waals surface area (Å²) in [5.41, 5.74) is 0. The topological polar surface area (TPSA) is 49.9 Å². The van der Waals surface area contributed by atoms with E-state index in [0.29, 0.717) is 32.2 Å². The third-order valence-electron chi connectivity index (χ3n) is 5.17. The quantitative estimate of drug-likeness (QED) is 0.669. The van der Waals surface area contributed by atoms with Gasteiger partial charge in [-0.15, -0.1) is 0 Å². The first-order valence-corrected chi connectivity index (χ1v) is 10.3. The smallest absolute Gasteiger partial charge is 0.214 e. The van der Waals surface area contributed by atoms with Gasteiger partial charge in [0.05, 0.1) is 5.75 Å². The number of ether oxygens (including phenoxy) is 1. The van der Waals surface area contributed by atoms with Crippen molar-refractivity contribution in [1.82, 2.24) is 9.21 Å². The first kappa shape index (κ1) is 18.2. The average Bonchev–Trinajstić information content (AvgIpc) is 2.52. The second-order valence-corrected chi connectivity index (χ2v) is 8.95. The maximum absolute atomic E-state index is 12.3. The van der Waals surface area contributed by atoms with Crippen LogP contribution in [0.15, 0.2) is 0 Å². The molecule has 0 unspecified atom stereocenters. The molecule has 1 heterocycles. The number of sulfonamides is 1. The van der Waals surface area contributed by atoms with Crippen molar-refractivity contribution in [3.8, 4) is 0 Å². The van der Waals surface area contributed by atoms with Gasteiger partial charge < -0.3 is 4.74 Å². The summed E-state index contributed by atoms with van der Waals surface area (Å²) < 4.78 is 31.4. The monoisotopic (exact) mass is 332 g/mol. The summed E-state index contributed by atoms with van der Waals surface area (Å²) in [6, 6.07) is 0.683. The van der Waals surface area contributed by atoms with Crippen molar-refractivity contribution < 1.29 is 13.2 Å². The molecule has 2 fully saturated rings. The van der Waals surface area contributed by atoms with E-state index >= 15 is 0 Å². The summed E-state index contributed by atoms with van der Waals surface area (Å²) >= 11 is 0. The van der Waals surface area contributed by atoms with Crippen LogP contribution < -0.4 is 0 Å². The molecule has 0 aromatic rings. The molecule has 6 heteroatoms. The Bertz CT molecular complexity index is 411. The van der Waals surface area contributed by atoms with Crippen LogP contribution in [0.25, 0.3) is 0 Å². The van der Waals surface area contributed by atoms with Crippen LogP contribution in [0.5, 0.6) is 0 Å². The van der Waals surface area contributed by atoms with Gasteiger partial charge >= 0.3 is 0 Å². The van der Waals surface area contributed by atoms with E-state index in [2.05, 4.69) is 11.8 Å². The van der Waals surface area contributed by atoms with E-state index in [4.69, 9.17) is 4.74 Å². The van der Waals surface area contributed by atoms with Crippen LogP contribution in [0.2, 0.25) is 0 Å². The minimum absolute atomic E-state index is 0.261. The van der Waals surface area contributed by atoms with Crippen LogP contribution in [0.4, 0.5) is 0 Å². The van der Waals surface area contributed by atoms with Gasteiger partial charge in [-0.1, -0.05) is 6.92 Å². The number of methoxy groups -OCH3 is 1. The van der Waals surface area contributed by atoms with Gasteiger partial charge in [-0.2, -0.15) is 4.31 Å². The molecule has 1 saturated carbocycles. The summed E-state index contributed by atoms with van der Waals surface area (Å²) in [5.74, 6) is 1.13. The van der Waals surface area contributed by atoms with Crippen molar-refractivity contribution in [3.63, 3.8) is 0 Å². The van der Waals surface area contributed by atoms with Crippen molar-refractivity contribution in [2.45, 2.75) is 51.5 Å². The standard InChI is InChI=1S/C16H32N2O3S/c1-15-5-7-16(8-6-15)17-9-11-18(12-10-17)22(19,20)14-4-3-13-21-2/h15-16H,3-14H2,1-2H3. The van der Waals surface area contributed by atoms with E-state index in [0.717, 1.165) is 25.4 Å². The van der Waals surface area contributed by atoms with Crippen molar-refractivity contribution >= 4 is 10.0 Å². The highest BCUT2D eigenvalue weighted by molar-refractivity contribution is 7.89. The lowest BCUT2D eigenvalue weighted by Crippen LogP contribution is -2.52. The van der Waals surface area contributed by atoms with Gasteiger partial charge in [0, 0.05) is 45.9 Å². The fourth-order valence-corrected chi connectivity index (χ4v) is 5.16. The van der Waals surface area contributed by atoms with Crippen LogP contribution in [-0.2, 0) is 14.8 Å². The van der Waals surface area contributed by atoms with Crippen molar-refractivity contribution in [3.05, 3.63) is 0 Å². The molecule has 130 valence electrons. The average molecular weight is 333 g/mol. The van der Waals surface area contributed by atoms with Crippen LogP contribution in [0.1, 0.15) is 45.4 Å². The van der Waals surface area contributed by atoms with Gasteiger partial charge in [0.2, 0.25) is 10.0 Å². The summed E-state index contributed by atoms with van der Waals surface area (Å²) in [4.78, 5) is 2.52. The zero-order valence-corrected chi connectivity index (χ0v) is 15.0. The van der Waals surface area contributed by atoms with Crippen molar-refractivity contribution in [2.24, 2.45) is 5.92 Å². The number of hydrogen-bond donors (Lipinski definition) is 0. The molecule has 2 aliphatic rings. The lowest BCUT2D eigenvalue weighted by Gasteiger charge is -2.41. The van der Waals surface area contributed by atoms with Gasteiger partial charge in [0.25, 0.3) is 0 Å². The second-order valence-electron chi connectivity index (χ2n) is 6.86. The Kier molecular flexibility index (Phi) is 7.12. The number of rotatable bonds is 7. The SMILES string of the molecule is COCCCCS(=O)(=O)N1CCN(C2CCC(C)CC2)CC1. The van der Waals surface area contributed by atoms with Gasteiger partial charge in [0.15, 0.2) is 0 Å². The molecule has 0 atom stereocenters. The minimum Gasteiger partial charge on any atom is -0.385 e. The molecule has 1 aliphatic heterocycles. The van der Waals surface area contributed by atoms with Crippen LogP contribution in [0.3, 0.4) is 0 Å². The number of nitrogens with zero attached hydrogens (tertiary/aromatic N) is 2. The Hall–Kier alpha value is -0.170. The van der Waals surface area contributed by atoms with E-state index in [1.165, 1.54) is 25.7 Å². The Morgan fingerprint density at radius 3 is 2.23 bits per heavy atom. The highest BCUT2D eigenvalue weighted by Gasteiger charge is 2.30. The highest BCUT2D eigenvalue weighted by atomic mass is 32.2. The zero-order chi connectivity index (χ0) is 16.0. The second kappa shape index (κ2) is 8.62. The largest absolute Gasteiger partial charge is 0.385 e. The van der Waals surface area contributed by atoms with Gasteiger partial charge in [-0.3, -0.25) is 4.90 Å². The molecule has 0 spiro atoms. The third-order valence-corrected chi connectivity index (χ3v) is 7.13. The molecule has 0 radical (unpaired) electrons. The molecule has 22 heavy (non-hydrogen) atoms. The number of hydrogen-bond acceptors (Lipinski definition) is 4. The fraction of sp³-hybridized carbons (Fsp3) is 1.00. The third kappa shape index (κ3) is 5.18. The molecule has 1 saturated heterocycles. The van der Waals surface area contributed by atoms with Crippen molar-refractivity contribution in [1.29, 1.82) is 0 Å². The normalized spacial score (nSPS) is 28.8. The van der Waals surface area contributed by atoms with Crippen LogP contribution in [0, 0.1) is 5.92 Å². The van der Waals surface area contributed by atoms with Gasteiger partial charge in [-0.05, 0) is 44.4 Å². The zero-order valence-electron chi connectivity index (χ0n) is 14.2. The highest BCUT2D eigenvalue weighted by Crippen LogP contribution is 2.28. The van der Waals surface area contributed by atoms with Gasteiger partial charge in [-0.25, -0.2) is 8.42 Å². The Balaban J connectivity index is 1.74. The number of unbranched alkanes of at least 4 members (excludes halogenated alkanes) is 1. The Morgan fingerprint density at radius 2 is 1.64 bits per heavy atom. The van der Waals surface area contributed by atoms with E-state index in [1.54, 1.807) is 11.4 Å². The minimum atomic E-state index is -3.08. The Morgan fingerprint density at radius 1 is 1.00 bits per heavy atom.